The largest absolute Gasteiger partial charge is 0.305 e. The highest BCUT2D eigenvalue weighted by Crippen LogP contribution is 2.19. The van der Waals surface area contributed by atoms with Crippen LogP contribution in [0, 0.1) is 6.07 Å². The summed E-state index contributed by atoms with van der Waals surface area (Å²) in [6.45, 7) is 0. The molecule has 0 atom stereocenters. The average molecular weight is 236 g/mol. The number of hydrogen-bond donors (Lipinski definition) is 2. The zero-order valence-electron chi connectivity index (χ0n) is 9.47. The molecule has 4 nitrogen and oxygen atoms in total. The number of H-pyrrole nitrogens is 1. The minimum Gasteiger partial charge on any atom is -0.305 e. The zero-order chi connectivity index (χ0) is 12.4. The Morgan fingerprint density at radius 3 is 2.83 bits per heavy atom. The third-order valence-electron chi connectivity index (χ3n) is 2.66. The molecule has 0 fully saturated rings. The predicted octanol–water partition coefficient (Wildman–Crippen LogP) is 2.62. The van der Waals surface area contributed by atoms with Crippen molar-refractivity contribution >= 4 is 22.6 Å². The molecule has 0 aliphatic carbocycles. The molecule has 0 saturated heterocycles. The summed E-state index contributed by atoms with van der Waals surface area (Å²) in [5.41, 5.74) is 1.38. The van der Waals surface area contributed by atoms with E-state index in [1.807, 2.05) is 30.3 Å². The Balaban J connectivity index is 1.91. The number of amides is 1. The normalized spacial score (nSPS) is 10.4. The topological polar surface area (TPSA) is 57.8 Å². The van der Waals surface area contributed by atoms with E-state index in [1.165, 1.54) is 0 Å². The second kappa shape index (κ2) is 4.33. The Morgan fingerprint density at radius 2 is 2.00 bits per heavy atom. The van der Waals surface area contributed by atoms with Gasteiger partial charge in [0.05, 0.1) is 5.52 Å². The molecule has 2 N–H and O–H groups in total. The number of carbonyl (C=O) groups excluding carboxylic acids is 1. The number of nitrogens with one attached hydrogen (secondary N) is 2. The first kappa shape index (κ1) is 10.5. The molecule has 1 heterocycles. The molecule has 1 amide bonds. The molecule has 3 rings (SSSR count). The summed E-state index contributed by atoms with van der Waals surface area (Å²) >= 11 is 0. The molecule has 87 valence electrons. The van der Waals surface area contributed by atoms with Crippen LogP contribution < -0.4 is 5.32 Å². The Morgan fingerprint density at radius 1 is 1.17 bits per heavy atom. The van der Waals surface area contributed by atoms with Crippen LogP contribution in [0.25, 0.3) is 10.9 Å². The molecule has 3 aromatic rings. The van der Waals surface area contributed by atoms with Gasteiger partial charge < -0.3 is 5.32 Å². The smallest absolute Gasteiger partial charge is 0.257 e. The fourth-order valence-electron chi connectivity index (χ4n) is 1.77. The summed E-state index contributed by atoms with van der Waals surface area (Å²) < 4.78 is 0. The van der Waals surface area contributed by atoms with Crippen molar-refractivity contribution in [3.8, 4) is 0 Å². The second-order valence-electron chi connectivity index (χ2n) is 3.85. The third kappa shape index (κ3) is 1.84. The number of aromatic nitrogens is 2. The number of rotatable bonds is 2. The summed E-state index contributed by atoms with van der Waals surface area (Å²) in [6.07, 6.45) is 0. The standard InChI is InChI=1S/C14H10N3O/c18-14(10-6-2-1-3-7-10)15-13-11-8-4-5-9-12(11)16-17-13/h1-6,8-9H,(H2,15,16,17,18). The lowest BCUT2D eigenvalue weighted by atomic mass is 10.2. The molecular weight excluding hydrogens is 226 g/mol. The van der Waals surface area contributed by atoms with E-state index in [0.717, 1.165) is 10.9 Å². The maximum Gasteiger partial charge on any atom is 0.257 e. The van der Waals surface area contributed by atoms with E-state index in [1.54, 1.807) is 18.2 Å². The van der Waals surface area contributed by atoms with E-state index >= 15 is 0 Å². The summed E-state index contributed by atoms with van der Waals surface area (Å²) in [5.74, 6) is 0.320. The summed E-state index contributed by atoms with van der Waals surface area (Å²) in [4.78, 5) is 12.0. The van der Waals surface area contributed by atoms with Crippen molar-refractivity contribution in [3.05, 3.63) is 60.2 Å². The minimum atomic E-state index is -0.215. The lowest BCUT2D eigenvalue weighted by Crippen LogP contribution is -2.12. The monoisotopic (exact) mass is 236 g/mol. The van der Waals surface area contributed by atoms with E-state index in [-0.39, 0.29) is 5.91 Å². The van der Waals surface area contributed by atoms with Crippen molar-refractivity contribution in [2.75, 3.05) is 5.32 Å². The molecule has 0 aliphatic heterocycles. The lowest BCUT2D eigenvalue weighted by molar-refractivity contribution is 0.102. The molecular formula is C14H10N3O. The average Bonchev–Trinajstić information content (AvgIpc) is 2.83. The van der Waals surface area contributed by atoms with Crippen LogP contribution in [0.1, 0.15) is 10.4 Å². The quantitative estimate of drug-likeness (QED) is 0.718. The van der Waals surface area contributed by atoms with Crippen molar-refractivity contribution in [3.63, 3.8) is 0 Å². The van der Waals surface area contributed by atoms with Gasteiger partial charge in [0.1, 0.15) is 0 Å². The molecule has 1 radical (unpaired) electrons. The molecule has 4 heteroatoms. The van der Waals surface area contributed by atoms with Gasteiger partial charge in [-0.15, -0.1) is 0 Å². The van der Waals surface area contributed by atoms with Crippen LogP contribution in [-0.2, 0) is 0 Å². The van der Waals surface area contributed by atoms with Crippen molar-refractivity contribution in [1.82, 2.24) is 10.2 Å². The van der Waals surface area contributed by atoms with Crippen LogP contribution in [0.5, 0.6) is 0 Å². The fourth-order valence-corrected chi connectivity index (χ4v) is 1.77. The van der Waals surface area contributed by atoms with Crippen LogP contribution >= 0.6 is 0 Å². The highest BCUT2D eigenvalue weighted by Gasteiger charge is 2.10. The zero-order valence-corrected chi connectivity index (χ0v) is 9.47. The van der Waals surface area contributed by atoms with E-state index in [2.05, 4.69) is 21.6 Å². The number of para-hydroxylation sites is 1. The number of aromatic amines is 1. The first-order chi connectivity index (χ1) is 8.84. The van der Waals surface area contributed by atoms with Gasteiger partial charge in [-0.1, -0.05) is 30.3 Å². The number of anilines is 1. The first-order valence-corrected chi connectivity index (χ1v) is 5.56. The molecule has 2 aromatic carbocycles. The molecule has 1 aromatic heterocycles. The van der Waals surface area contributed by atoms with Gasteiger partial charge in [0.25, 0.3) is 5.91 Å². The number of carbonyl (C=O) groups is 1. The molecule has 0 unspecified atom stereocenters. The van der Waals surface area contributed by atoms with Gasteiger partial charge in [0.15, 0.2) is 5.82 Å². The minimum absolute atomic E-state index is 0.215. The Kier molecular flexibility index (Phi) is 2.53. The molecule has 18 heavy (non-hydrogen) atoms. The number of hydrogen-bond acceptors (Lipinski definition) is 2. The van der Waals surface area contributed by atoms with E-state index in [4.69, 9.17) is 0 Å². The van der Waals surface area contributed by atoms with Crippen molar-refractivity contribution in [2.45, 2.75) is 0 Å². The van der Waals surface area contributed by atoms with Gasteiger partial charge in [-0.3, -0.25) is 9.89 Å². The van der Waals surface area contributed by atoms with Crippen LogP contribution in [0.3, 0.4) is 0 Å². The summed E-state index contributed by atoms with van der Waals surface area (Å²) in [5, 5.41) is 10.6. The summed E-state index contributed by atoms with van der Waals surface area (Å²) in [6, 6.07) is 17.6. The molecule has 0 bridgehead atoms. The maximum atomic E-state index is 12.0. The third-order valence-corrected chi connectivity index (χ3v) is 2.66. The van der Waals surface area contributed by atoms with E-state index in [9.17, 15) is 4.79 Å². The predicted molar refractivity (Wildman–Crippen MR) is 69.3 cm³/mol. The van der Waals surface area contributed by atoms with Crippen LogP contribution in [0.15, 0.2) is 48.5 Å². The second-order valence-corrected chi connectivity index (χ2v) is 3.85. The van der Waals surface area contributed by atoms with Gasteiger partial charge in [-0.05, 0) is 24.3 Å². The van der Waals surface area contributed by atoms with Crippen molar-refractivity contribution in [2.24, 2.45) is 0 Å². The lowest BCUT2D eigenvalue weighted by Gasteiger charge is -2.01. The van der Waals surface area contributed by atoms with Crippen molar-refractivity contribution in [1.29, 1.82) is 0 Å². The van der Waals surface area contributed by atoms with Gasteiger partial charge in [-0.25, -0.2) is 0 Å². The van der Waals surface area contributed by atoms with Gasteiger partial charge in [-0.2, -0.15) is 5.10 Å². The Bertz CT molecular complexity index is 688. The van der Waals surface area contributed by atoms with Gasteiger partial charge in [0.2, 0.25) is 0 Å². The Hall–Kier alpha value is -2.62. The molecule has 0 spiro atoms. The molecule has 0 aliphatic rings. The SMILES string of the molecule is O=C(Nc1n[nH]c2ccccc12)c1[c]cccc1. The highest BCUT2D eigenvalue weighted by molar-refractivity contribution is 6.07. The number of nitrogens with zero attached hydrogens (tertiary/aromatic N) is 1. The highest BCUT2D eigenvalue weighted by atomic mass is 16.1. The summed E-state index contributed by atoms with van der Waals surface area (Å²) in [7, 11) is 0. The van der Waals surface area contributed by atoms with Crippen LogP contribution in [-0.4, -0.2) is 16.1 Å². The van der Waals surface area contributed by atoms with Gasteiger partial charge >= 0.3 is 0 Å². The van der Waals surface area contributed by atoms with E-state index in [0.29, 0.717) is 11.4 Å². The number of fused-ring (bicyclic) bond motifs is 1. The van der Waals surface area contributed by atoms with Crippen LogP contribution in [0.2, 0.25) is 0 Å². The van der Waals surface area contributed by atoms with Gasteiger partial charge in [0, 0.05) is 10.9 Å². The molecule has 0 saturated carbocycles. The Labute approximate surface area is 104 Å². The van der Waals surface area contributed by atoms with E-state index < -0.39 is 0 Å². The van der Waals surface area contributed by atoms with Crippen LogP contribution in [0.4, 0.5) is 5.82 Å². The number of benzene rings is 2. The first-order valence-electron chi connectivity index (χ1n) is 5.56. The fraction of sp³-hybridized carbons (Fsp3) is 0. The maximum absolute atomic E-state index is 12.0. The van der Waals surface area contributed by atoms with Crippen molar-refractivity contribution < 1.29 is 4.79 Å².